The summed E-state index contributed by atoms with van der Waals surface area (Å²) in [7, 11) is 0. The first-order valence-corrected chi connectivity index (χ1v) is 9.61. The minimum absolute atomic E-state index is 0.00266. The standard InChI is InChI=1S/C24H25F3O/c1-2-3-4-7-16-21(23(28)20-14-10-6-11-15-20)17-22(18-24(25,26)27)19-12-8-5-9-13-19/h5-6,8-15H,2-4,7,16,18H2,1H3. The van der Waals surface area contributed by atoms with Crippen molar-refractivity contribution in [3.63, 3.8) is 0 Å². The zero-order valence-electron chi connectivity index (χ0n) is 16.1. The second-order valence-corrected chi connectivity index (χ2v) is 6.75. The molecule has 1 nitrogen and oxygen atoms in total. The van der Waals surface area contributed by atoms with E-state index in [0.29, 0.717) is 23.1 Å². The molecule has 0 radical (unpaired) electrons. The van der Waals surface area contributed by atoms with Crippen molar-refractivity contribution in [1.82, 2.24) is 0 Å². The van der Waals surface area contributed by atoms with E-state index in [0.717, 1.165) is 25.7 Å². The molecule has 0 heterocycles. The van der Waals surface area contributed by atoms with Crippen molar-refractivity contribution >= 4 is 11.4 Å². The number of alkyl halides is 3. The SMILES string of the molecule is CCCCCCC(=C=C(CC(F)(F)F)c1ccccc1)C(=O)c1ccccc1. The summed E-state index contributed by atoms with van der Waals surface area (Å²) in [6, 6.07) is 17.0. The molecule has 0 spiro atoms. The molecular weight excluding hydrogens is 361 g/mol. The van der Waals surface area contributed by atoms with Gasteiger partial charge in [-0.05, 0) is 18.4 Å². The van der Waals surface area contributed by atoms with Gasteiger partial charge in [0.05, 0.1) is 6.42 Å². The summed E-state index contributed by atoms with van der Waals surface area (Å²) in [6.07, 6.45) is -1.30. The van der Waals surface area contributed by atoms with E-state index in [-0.39, 0.29) is 11.4 Å². The highest BCUT2D eigenvalue weighted by atomic mass is 19.4. The van der Waals surface area contributed by atoms with Gasteiger partial charge in [0.15, 0.2) is 5.78 Å². The normalized spacial score (nSPS) is 11.0. The van der Waals surface area contributed by atoms with Gasteiger partial charge in [-0.15, -0.1) is 5.73 Å². The van der Waals surface area contributed by atoms with Gasteiger partial charge in [0, 0.05) is 16.7 Å². The van der Waals surface area contributed by atoms with Crippen LogP contribution in [-0.4, -0.2) is 12.0 Å². The van der Waals surface area contributed by atoms with Crippen LogP contribution in [0.3, 0.4) is 0 Å². The molecule has 2 aromatic carbocycles. The Morgan fingerprint density at radius 1 is 0.857 bits per heavy atom. The number of rotatable bonds is 9. The molecule has 0 aliphatic carbocycles. The second-order valence-electron chi connectivity index (χ2n) is 6.75. The Labute approximate surface area is 164 Å². The molecule has 0 aliphatic rings. The van der Waals surface area contributed by atoms with Crippen LogP contribution in [0.4, 0.5) is 13.2 Å². The van der Waals surface area contributed by atoms with Gasteiger partial charge in [0.2, 0.25) is 0 Å². The fraction of sp³-hybridized carbons (Fsp3) is 0.333. The number of Topliss-reactive ketones (excluding diaryl/α,β-unsaturated/α-hetero) is 1. The molecule has 0 fully saturated rings. The summed E-state index contributed by atoms with van der Waals surface area (Å²) in [5, 5.41) is 0. The first-order valence-electron chi connectivity index (χ1n) is 9.61. The third-order valence-electron chi connectivity index (χ3n) is 4.39. The molecule has 0 saturated carbocycles. The first-order chi connectivity index (χ1) is 13.4. The molecule has 0 aliphatic heterocycles. The molecule has 2 rings (SSSR count). The molecular formula is C24H25F3O. The Bertz CT molecular complexity index is 814. The Kier molecular flexibility index (Phi) is 8.28. The lowest BCUT2D eigenvalue weighted by Gasteiger charge is -2.11. The van der Waals surface area contributed by atoms with E-state index >= 15 is 0 Å². The summed E-state index contributed by atoms with van der Waals surface area (Å²) in [6.45, 7) is 2.09. The zero-order chi connectivity index (χ0) is 20.4. The summed E-state index contributed by atoms with van der Waals surface area (Å²) >= 11 is 0. The summed E-state index contributed by atoms with van der Waals surface area (Å²) in [5.74, 6) is -0.257. The largest absolute Gasteiger partial charge is 0.393 e. The first kappa shape index (κ1) is 21.7. The van der Waals surface area contributed by atoms with Gasteiger partial charge in [-0.2, -0.15) is 13.2 Å². The number of halogens is 3. The van der Waals surface area contributed by atoms with Crippen molar-refractivity contribution in [3.05, 3.63) is 83.1 Å². The van der Waals surface area contributed by atoms with E-state index in [1.54, 1.807) is 60.7 Å². The van der Waals surface area contributed by atoms with Crippen LogP contribution in [0.2, 0.25) is 0 Å². The van der Waals surface area contributed by atoms with E-state index in [9.17, 15) is 18.0 Å². The lowest BCUT2D eigenvalue weighted by Crippen LogP contribution is -2.09. The van der Waals surface area contributed by atoms with Crippen LogP contribution in [0.5, 0.6) is 0 Å². The molecule has 0 unspecified atom stereocenters. The zero-order valence-corrected chi connectivity index (χ0v) is 16.1. The van der Waals surface area contributed by atoms with Gasteiger partial charge in [0.25, 0.3) is 0 Å². The van der Waals surface area contributed by atoms with Crippen molar-refractivity contribution in [2.75, 3.05) is 0 Å². The van der Waals surface area contributed by atoms with Crippen molar-refractivity contribution in [1.29, 1.82) is 0 Å². The van der Waals surface area contributed by atoms with Crippen LogP contribution in [-0.2, 0) is 0 Å². The lowest BCUT2D eigenvalue weighted by atomic mass is 9.95. The van der Waals surface area contributed by atoms with Crippen LogP contribution < -0.4 is 0 Å². The molecule has 0 aromatic heterocycles. The van der Waals surface area contributed by atoms with Crippen LogP contribution in [0, 0.1) is 0 Å². The number of hydrogen-bond donors (Lipinski definition) is 0. The molecule has 28 heavy (non-hydrogen) atoms. The predicted molar refractivity (Wildman–Crippen MR) is 107 cm³/mol. The van der Waals surface area contributed by atoms with Gasteiger partial charge in [-0.1, -0.05) is 86.8 Å². The lowest BCUT2D eigenvalue weighted by molar-refractivity contribution is -0.122. The van der Waals surface area contributed by atoms with Crippen LogP contribution in [0.1, 0.15) is 61.4 Å². The third-order valence-corrected chi connectivity index (χ3v) is 4.39. The van der Waals surface area contributed by atoms with Crippen molar-refractivity contribution in [2.45, 2.75) is 51.6 Å². The van der Waals surface area contributed by atoms with Crippen LogP contribution in [0.25, 0.3) is 5.57 Å². The summed E-state index contributed by atoms with van der Waals surface area (Å²) < 4.78 is 39.5. The molecule has 4 heteroatoms. The maximum Gasteiger partial charge on any atom is 0.393 e. The van der Waals surface area contributed by atoms with E-state index in [4.69, 9.17) is 0 Å². The van der Waals surface area contributed by atoms with E-state index in [2.05, 4.69) is 12.7 Å². The van der Waals surface area contributed by atoms with Crippen molar-refractivity contribution in [3.8, 4) is 0 Å². The number of carbonyl (C=O) groups excluding carboxylic acids is 1. The fourth-order valence-corrected chi connectivity index (χ4v) is 2.97. The molecule has 0 N–H and O–H groups in total. The predicted octanol–water partition coefficient (Wildman–Crippen LogP) is 7.40. The number of allylic oxidation sites excluding steroid dienone is 1. The highest BCUT2D eigenvalue weighted by Crippen LogP contribution is 2.30. The van der Waals surface area contributed by atoms with Crippen molar-refractivity contribution < 1.29 is 18.0 Å². The number of benzene rings is 2. The fourth-order valence-electron chi connectivity index (χ4n) is 2.97. The Morgan fingerprint density at radius 3 is 1.96 bits per heavy atom. The minimum atomic E-state index is -4.37. The molecule has 0 bridgehead atoms. The Hall–Kier alpha value is -2.58. The number of ketones is 1. The molecule has 0 atom stereocenters. The smallest absolute Gasteiger partial charge is 0.288 e. The third kappa shape index (κ3) is 7.21. The Balaban J connectivity index is 2.50. The van der Waals surface area contributed by atoms with E-state index in [1.807, 2.05) is 0 Å². The number of unbranched alkanes of at least 4 members (excludes halogenated alkanes) is 3. The maximum atomic E-state index is 13.2. The average Bonchev–Trinajstić information content (AvgIpc) is 2.69. The quantitative estimate of drug-likeness (QED) is 0.190. The second kappa shape index (κ2) is 10.7. The van der Waals surface area contributed by atoms with Crippen molar-refractivity contribution in [2.24, 2.45) is 0 Å². The highest BCUT2D eigenvalue weighted by Gasteiger charge is 2.29. The minimum Gasteiger partial charge on any atom is -0.288 e. The van der Waals surface area contributed by atoms with Gasteiger partial charge < -0.3 is 0 Å². The molecule has 0 amide bonds. The summed E-state index contributed by atoms with van der Waals surface area (Å²) in [4.78, 5) is 12.9. The van der Waals surface area contributed by atoms with Crippen LogP contribution >= 0.6 is 0 Å². The van der Waals surface area contributed by atoms with Gasteiger partial charge in [-0.25, -0.2) is 0 Å². The van der Waals surface area contributed by atoms with Gasteiger partial charge >= 0.3 is 6.18 Å². The topological polar surface area (TPSA) is 17.1 Å². The maximum absolute atomic E-state index is 13.2. The van der Waals surface area contributed by atoms with Gasteiger partial charge in [0.1, 0.15) is 0 Å². The van der Waals surface area contributed by atoms with E-state index < -0.39 is 12.6 Å². The Morgan fingerprint density at radius 2 is 1.43 bits per heavy atom. The van der Waals surface area contributed by atoms with E-state index in [1.165, 1.54) is 0 Å². The number of hydrogen-bond acceptors (Lipinski definition) is 1. The highest BCUT2D eigenvalue weighted by molar-refractivity contribution is 6.09. The molecule has 148 valence electrons. The molecule has 0 saturated heterocycles. The molecule has 2 aromatic rings. The monoisotopic (exact) mass is 386 g/mol. The number of carbonyl (C=O) groups is 1. The average molecular weight is 386 g/mol. The summed E-state index contributed by atoms with van der Waals surface area (Å²) in [5.41, 5.74) is 4.09. The van der Waals surface area contributed by atoms with Gasteiger partial charge in [-0.3, -0.25) is 4.79 Å². The van der Waals surface area contributed by atoms with Crippen LogP contribution in [0.15, 0.2) is 72.0 Å².